The maximum atomic E-state index is 3.85. The van der Waals surface area contributed by atoms with Crippen molar-refractivity contribution in [1.82, 2.24) is 0 Å². The molecule has 0 aromatic carbocycles. The van der Waals surface area contributed by atoms with Gasteiger partial charge in [-0.15, -0.1) is 0 Å². The first-order valence-electron chi connectivity index (χ1n) is 3.40. The lowest BCUT2D eigenvalue weighted by atomic mass is 10.2. The van der Waals surface area contributed by atoms with Crippen molar-refractivity contribution >= 4 is 6.21 Å². The molecule has 0 aliphatic carbocycles. The number of nitrogens with zero attached hydrogens (tertiary/aromatic N) is 1. The molecule has 0 spiro atoms. The van der Waals surface area contributed by atoms with Crippen LogP contribution in [0.2, 0.25) is 0 Å². The Labute approximate surface area is 63.2 Å². The summed E-state index contributed by atoms with van der Waals surface area (Å²) in [5, 5.41) is 0. The fourth-order valence-corrected chi connectivity index (χ4v) is 0.696. The van der Waals surface area contributed by atoms with Gasteiger partial charge < -0.3 is 0 Å². The third-order valence-electron chi connectivity index (χ3n) is 1.00. The van der Waals surface area contributed by atoms with E-state index >= 15 is 0 Å². The van der Waals surface area contributed by atoms with Gasteiger partial charge in [0, 0.05) is 13.3 Å². The molecule has 1 heteroatoms. The van der Waals surface area contributed by atoms with Crippen LogP contribution < -0.4 is 0 Å². The molecule has 0 saturated carbocycles. The zero-order valence-electron chi connectivity index (χ0n) is 7.18. The quantitative estimate of drug-likeness (QED) is 0.410. The molecule has 0 saturated heterocycles. The Morgan fingerprint density at radius 3 is 2.20 bits per heavy atom. The third kappa shape index (κ3) is 5.29. The van der Waals surface area contributed by atoms with Gasteiger partial charge in [-0.3, -0.25) is 4.99 Å². The lowest BCUT2D eigenvalue weighted by molar-refractivity contribution is 1.35. The summed E-state index contributed by atoms with van der Waals surface area (Å²) >= 11 is 0. The Morgan fingerprint density at radius 1 is 1.20 bits per heavy atom. The second kappa shape index (κ2) is 4.98. The summed E-state index contributed by atoms with van der Waals surface area (Å²) in [5.74, 6) is 0. The van der Waals surface area contributed by atoms with E-state index in [0.29, 0.717) is 0 Å². The van der Waals surface area contributed by atoms with Crippen molar-refractivity contribution in [3.05, 3.63) is 23.3 Å². The van der Waals surface area contributed by atoms with Crippen LogP contribution in [0, 0.1) is 0 Å². The molecule has 1 nitrogen and oxygen atoms in total. The average molecular weight is 137 g/mol. The van der Waals surface area contributed by atoms with Gasteiger partial charge in [-0.25, -0.2) is 0 Å². The number of rotatable bonds is 2. The fraction of sp³-hybridized carbons (Fsp3) is 0.444. The summed E-state index contributed by atoms with van der Waals surface area (Å²) in [5.41, 5.74) is 2.56. The third-order valence-corrected chi connectivity index (χ3v) is 1.00. The van der Waals surface area contributed by atoms with E-state index < -0.39 is 0 Å². The van der Waals surface area contributed by atoms with E-state index in [-0.39, 0.29) is 0 Å². The lowest BCUT2D eigenvalue weighted by Crippen LogP contribution is -1.72. The molecule has 0 aliphatic heterocycles. The van der Waals surface area contributed by atoms with Crippen LogP contribution in [0.5, 0.6) is 0 Å². The summed E-state index contributed by atoms with van der Waals surface area (Å²) in [6, 6.07) is 0. The molecule has 56 valence electrons. The zero-order valence-corrected chi connectivity index (χ0v) is 7.18. The smallest absolute Gasteiger partial charge is 0.0277 e. The molecule has 0 rings (SSSR count). The Kier molecular flexibility index (Phi) is 4.55. The minimum atomic E-state index is 1.24. The largest absolute Gasteiger partial charge is 0.297 e. The minimum Gasteiger partial charge on any atom is -0.297 e. The van der Waals surface area contributed by atoms with Gasteiger partial charge in [0.1, 0.15) is 0 Å². The monoisotopic (exact) mass is 137 g/mol. The van der Waals surface area contributed by atoms with E-state index in [1.807, 2.05) is 6.08 Å². The lowest BCUT2D eigenvalue weighted by Gasteiger charge is -1.89. The first-order chi connectivity index (χ1) is 4.66. The SMILES string of the molecule is C/N=C\C=C(/C)C=C(C)C. The van der Waals surface area contributed by atoms with Gasteiger partial charge in [-0.1, -0.05) is 11.6 Å². The molecule has 0 aromatic rings. The molecule has 0 N–H and O–H groups in total. The van der Waals surface area contributed by atoms with Crippen LogP contribution in [0.3, 0.4) is 0 Å². The van der Waals surface area contributed by atoms with E-state index in [2.05, 4.69) is 31.8 Å². The van der Waals surface area contributed by atoms with Crippen molar-refractivity contribution in [2.75, 3.05) is 7.05 Å². The van der Waals surface area contributed by atoms with Crippen LogP contribution in [-0.2, 0) is 0 Å². The van der Waals surface area contributed by atoms with E-state index in [4.69, 9.17) is 0 Å². The molecule has 10 heavy (non-hydrogen) atoms. The molecule has 0 unspecified atom stereocenters. The molecule has 0 amide bonds. The fourth-order valence-electron chi connectivity index (χ4n) is 0.696. The molecular weight excluding hydrogens is 122 g/mol. The Morgan fingerprint density at radius 2 is 1.80 bits per heavy atom. The number of allylic oxidation sites excluding steroid dienone is 4. The van der Waals surface area contributed by atoms with Crippen LogP contribution >= 0.6 is 0 Å². The van der Waals surface area contributed by atoms with Crippen LogP contribution in [0.1, 0.15) is 20.8 Å². The summed E-state index contributed by atoms with van der Waals surface area (Å²) in [4.78, 5) is 3.85. The molecule has 0 atom stereocenters. The Bertz CT molecular complexity index is 169. The molecule has 0 radical (unpaired) electrons. The first kappa shape index (κ1) is 9.15. The summed E-state index contributed by atoms with van der Waals surface area (Å²) < 4.78 is 0. The number of aliphatic imine (C=N–C) groups is 1. The van der Waals surface area contributed by atoms with Crippen molar-refractivity contribution < 1.29 is 0 Å². The molecule has 0 aromatic heterocycles. The van der Waals surface area contributed by atoms with Crippen molar-refractivity contribution in [3.8, 4) is 0 Å². The molecule has 0 heterocycles. The topological polar surface area (TPSA) is 12.4 Å². The van der Waals surface area contributed by atoms with Crippen molar-refractivity contribution in [2.24, 2.45) is 4.99 Å². The van der Waals surface area contributed by atoms with Gasteiger partial charge in [0.15, 0.2) is 0 Å². The highest BCUT2D eigenvalue weighted by atomic mass is 14.6. The highest BCUT2D eigenvalue weighted by Gasteiger charge is 1.79. The number of hydrogen-bond donors (Lipinski definition) is 0. The van der Waals surface area contributed by atoms with E-state index in [1.54, 1.807) is 13.3 Å². The predicted octanol–water partition coefficient (Wildman–Crippen LogP) is 2.60. The second-order valence-corrected chi connectivity index (χ2v) is 2.54. The predicted molar refractivity (Wildman–Crippen MR) is 47.6 cm³/mol. The normalized spacial score (nSPS) is 12.2. The standard InChI is InChI=1S/C9H15N/c1-8(2)7-9(3)5-6-10-4/h5-7H,1-4H3/b9-5+,10-6-. The van der Waals surface area contributed by atoms with Crippen LogP contribution in [-0.4, -0.2) is 13.3 Å². The molecule has 0 aliphatic rings. The first-order valence-corrected chi connectivity index (χ1v) is 3.40. The van der Waals surface area contributed by atoms with Crippen molar-refractivity contribution in [3.63, 3.8) is 0 Å². The molecule has 0 bridgehead atoms. The van der Waals surface area contributed by atoms with Gasteiger partial charge in [0.2, 0.25) is 0 Å². The Hall–Kier alpha value is -0.850. The van der Waals surface area contributed by atoms with Crippen LogP contribution in [0.25, 0.3) is 0 Å². The van der Waals surface area contributed by atoms with E-state index in [1.165, 1.54) is 11.1 Å². The van der Waals surface area contributed by atoms with Gasteiger partial charge >= 0.3 is 0 Å². The van der Waals surface area contributed by atoms with E-state index in [0.717, 1.165) is 0 Å². The molecule has 0 fully saturated rings. The maximum absolute atomic E-state index is 3.85. The van der Waals surface area contributed by atoms with Gasteiger partial charge in [-0.2, -0.15) is 0 Å². The van der Waals surface area contributed by atoms with Gasteiger partial charge in [-0.05, 0) is 32.4 Å². The van der Waals surface area contributed by atoms with Crippen molar-refractivity contribution in [1.29, 1.82) is 0 Å². The Balaban J connectivity index is 4.08. The number of hydrogen-bond acceptors (Lipinski definition) is 1. The summed E-state index contributed by atoms with van der Waals surface area (Å²) in [7, 11) is 1.77. The van der Waals surface area contributed by atoms with Gasteiger partial charge in [0.25, 0.3) is 0 Å². The second-order valence-electron chi connectivity index (χ2n) is 2.54. The summed E-state index contributed by atoms with van der Waals surface area (Å²) in [6.45, 7) is 6.23. The average Bonchev–Trinajstić information content (AvgIpc) is 1.82. The highest BCUT2D eigenvalue weighted by molar-refractivity contribution is 5.72. The van der Waals surface area contributed by atoms with Gasteiger partial charge in [0.05, 0.1) is 0 Å². The minimum absolute atomic E-state index is 1.24. The maximum Gasteiger partial charge on any atom is 0.0277 e. The van der Waals surface area contributed by atoms with Crippen LogP contribution in [0.15, 0.2) is 28.3 Å². The van der Waals surface area contributed by atoms with E-state index in [9.17, 15) is 0 Å². The molecular formula is C9H15N. The van der Waals surface area contributed by atoms with Crippen molar-refractivity contribution in [2.45, 2.75) is 20.8 Å². The summed E-state index contributed by atoms with van der Waals surface area (Å²) in [6.07, 6.45) is 5.92. The zero-order chi connectivity index (χ0) is 7.98. The highest BCUT2D eigenvalue weighted by Crippen LogP contribution is 1.98. The van der Waals surface area contributed by atoms with Crippen LogP contribution in [0.4, 0.5) is 0 Å².